The van der Waals surface area contributed by atoms with Crippen LogP contribution >= 0.6 is 0 Å². The molecule has 0 bridgehead atoms. The largest absolute Gasteiger partial charge is 0.313 e. The van der Waals surface area contributed by atoms with Crippen LogP contribution in [0.2, 0.25) is 0 Å². The molecule has 1 aliphatic heterocycles. The Morgan fingerprint density at radius 1 is 1.47 bits per heavy atom. The van der Waals surface area contributed by atoms with Crippen LogP contribution in [0.1, 0.15) is 33.1 Å². The molecule has 0 radical (unpaired) electrons. The highest BCUT2D eigenvalue weighted by Crippen LogP contribution is 2.05. The molecule has 1 rings (SSSR count). The van der Waals surface area contributed by atoms with Gasteiger partial charge in [0.25, 0.3) is 0 Å². The average molecular weight is 234 g/mol. The van der Waals surface area contributed by atoms with E-state index >= 15 is 0 Å². The highest BCUT2D eigenvalue weighted by molar-refractivity contribution is 7.89. The average Bonchev–Trinajstić information content (AvgIpc) is 2.65. The summed E-state index contributed by atoms with van der Waals surface area (Å²) in [5.41, 5.74) is 0. The minimum absolute atomic E-state index is 0.247. The maximum absolute atomic E-state index is 11.6. The Morgan fingerprint density at radius 2 is 2.20 bits per heavy atom. The van der Waals surface area contributed by atoms with Gasteiger partial charge in [0.2, 0.25) is 10.0 Å². The van der Waals surface area contributed by atoms with Crippen LogP contribution in [-0.4, -0.2) is 33.3 Å². The summed E-state index contributed by atoms with van der Waals surface area (Å²) in [4.78, 5) is 0. The molecule has 0 spiro atoms. The smallest absolute Gasteiger partial charge is 0.211 e. The topological polar surface area (TPSA) is 58.2 Å². The first-order valence-corrected chi connectivity index (χ1v) is 7.35. The van der Waals surface area contributed by atoms with Gasteiger partial charge in [0, 0.05) is 12.6 Å². The van der Waals surface area contributed by atoms with Gasteiger partial charge >= 0.3 is 0 Å². The Kier molecular flexibility index (Phi) is 5.02. The number of hydrogen-bond donors (Lipinski definition) is 2. The molecule has 90 valence electrons. The predicted octanol–water partition coefficient (Wildman–Crippen LogP) is 0.704. The summed E-state index contributed by atoms with van der Waals surface area (Å²) in [5, 5.41) is 3.27. The lowest BCUT2D eigenvalue weighted by atomic mass is 10.2. The second-order valence-corrected chi connectivity index (χ2v) is 6.57. The molecule has 2 N–H and O–H groups in total. The molecule has 0 aromatic carbocycles. The predicted molar refractivity (Wildman–Crippen MR) is 62.3 cm³/mol. The third-order valence-corrected chi connectivity index (χ3v) is 4.06. The van der Waals surface area contributed by atoms with E-state index in [4.69, 9.17) is 0 Å². The first kappa shape index (κ1) is 12.9. The molecule has 0 aromatic rings. The van der Waals surface area contributed by atoms with Gasteiger partial charge in [-0.3, -0.25) is 0 Å². The van der Waals surface area contributed by atoms with Crippen molar-refractivity contribution in [3.05, 3.63) is 0 Å². The first-order chi connectivity index (χ1) is 6.99. The molecule has 0 saturated carbocycles. The van der Waals surface area contributed by atoms with Gasteiger partial charge in [-0.2, -0.15) is 0 Å². The van der Waals surface area contributed by atoms with Crippen LogP contribution in [0, 0.1) is 5.92 Å². The highest BCUT2D eigenvalue weighted by atomic mass is 32.2. The fourth-order valence-electron chi connectivity index (χ4n) is 1.62. The van der Waals surface area contributed by atoms with Gasteiger partial charge in [-0.15, -0.1) is 0 Å². The molecule has 5 heteroatoms. The lowest BCUT2D eigenvalue weighted by Gasteiger charge is -2.12. The summed E-state index contributed by atoms with van der Waals surface area (Å²) in [6.07, 6.45) is 2.96. The van der Waals surface area contributed by atoms with Crippen LogP contribution in [0.3, 0.4) is 0 Å². The highest BCUT2D eigenvalue weighted by Gasteiger charge is 2.17. The third-order valence-electron chi connectivity index (χ3n) is 2.68. The van der Waals surface area contributed by atoms with E-state index in [0.717, 1.165) is 25.8 Å². The summed E-state index contributed by atoms with van der Waals surface area (Å²) < 4.78 is 25.8. The molecule has 15 heavy (non-hydrogen) atoms. The van der Waals surface area contributed by atoms with E-state index in [2.05, 4.69) is 10.0 Å². The van der Waals surface area contributed by atoms with E-state index in [1.165, 1.54) is 0 Å². The van der Waals surface area contributed by atoms with E-state index in [0.29, 0.717) is 18.5 Å². The van der Waals surface area contributed by atoms with Crippen LogP contribution in [-0.2, 0) is 10.0 Å². The maximum atomic E-state index is 11.6. The van der Waals surface area contributed by atoms with Crippen LogP contribution in [0.25, 0.3) is 0 Å². The first-order valence-electron chi connectivity index (χ1n) is 5.70. The minimum Gasteiger partial charge on any atom is -0.313 e. The quantitative estimate of drug-likeness (QED) is 0.711. The van der Waals surface area contributed by atoms with Gasteiger partial charge in [-0.05, 0) is 31.7 Å². The normalized spacial score (nSPS) is 22.5. The second-order valence-electron chi connectivity index (χ2n) is 4.64. The van der Waals surface area contributed by atoms with Crippen LogP contribution in [0.5, 0.6) is 0 Å². The zero-order valence-electron chi connectivity index (χ0n) is 9.62. The third kappa shape index (κ3) is 5.49. The van der Waals surface area contributed by atoms with Gasteiger partial charge in [-0.1, -0.05) is 13.8 Å². The molecule has 1 heterocycles. The van der Waals surface area contributed by atoms with Gasteiger partial charge in [0.15, 0.2) is 0 Å². The maximum Gasteiger partial charge on any atom is 0.211 e. The molecule has 1 unspecified atom stereocenters. The molecule has 1 saturated heterocycles. The van der Waals surface area contributed by atoms with Crippen molar-refractivity contribution < 1.29 is 8.42 Å². The van der Waals surface area contributed by atoms with Crippen molar-refractivity contribution in [2.45, 2.75) is 39.2 Å². The van der Waals surface area contributed by atoms with Gasteiger partial charge < -0.3 is 5.32 Å². The number of rotatable bonds is 6. The monoisotopic (exact) mass is 234 g/mol. The van der Waals surface area contributed by atoms with Crippen LogP contribution in [0.15, 0.2) is 0 Å². The molecular formula is C10H22N2O2S. The molecule has 1 fully saturated rings. The standard InChI is InChI=1S/C10H22N2O2S/c1-9(2)5-7-15(13,14)12-8-10-4-3-6-11-10/h9-12H,3-8H2,1-2H3. The van der Waals surface area contributed by atoms with Crippen molar-refractivity contribution in [3.63, 3.8) is 0 Å². The molecule has 0 aromatic heterocycles. The lowest BCUT2D eigenvalue weighted by Crippen LogP contribution is -2.38. The molecule has 4 nitrogen and oxygen atoms in total. The molecule has 1 atom stereocenters. The van der Waals surface area contributed by atoms with Crippen molar-refractivity contribution in [2.24, 2.45) is 5.92 Å². The van der Waals surface area contributed by atoms with Gasteiger partial charge in [0.1, 0.15) is 0 Å². The number of nitrogens with one attached hydrogen (secondary N) is 2. The van der Waals surface area contributed by atoms with Crippen LogP contribution < -0.4 is 10.0 Å². The number of sulfonamides is 1. The molecule has 1 aliphatic rings. The Balaban J connectivity index is 2.23. The molecular weight excluding hydrogens is 212 g/mol. The van der Waals surface area contributed by atoms with E-state index in [-0.39, 0.29) is 5.75 Å². The van der Waals surface area contributed by atoms with Crippen molar-refractivity contribution in [1.29, 1.82) is 0 Å². The molecule has 0 amide bonds. The zero-order valence-corrected chi connectivity index (χ0v) is 10.4. The van der Waals surface area contributed by atoms with E-state index in [1.54, 1.807) is 0 Å². The Morgan fingerprint density at radius 3 is 2.73 bits per heavy atom. The fraction of sp³-hybridized carbons (Fsp3) is 1.00. The SMILES string of the molecule is CC(C)CCS(=O)(=O)NCC1CCCN1. The summed E-state index contributed by atoms with van der Waals surface area (Å²) in [7, 11) is -3.05. The fourth-order valence-corrected chi connectivity index (χ4v) is 3.00. The summed E-state index contributed by atoms with van der Waals surface area (Å²) >= 11 is 0. The van der Waals surface area contributed by atoms with Crippen molar-refractivity contribution in [2.75, 3.05) is 18.8 Å². The minimum atomic E-state index is -3.05. The van der Waals surface area contributed by atoms with E-state index < -0.39 is 10.0 Å². The zero-order chi connectivity index (χ0) is 11.3. The summed E-state index contributed by atoms with van der Waals surface area (Å²) in [6.45, 7) is 5.63. The van der Waals surface area contributed by atoms with Gasteiger partial charge in [-0.25, -0.2) is 13.1 Å². The molecule has 0 aliphatic carbocycles. The van der Waals surface area contributed by atoms with Gasteiger partial charge in [0.05, 0.1) is 5.75 Å². The van der Waals surface area contributed by atoms with Crippen molar-refractivity contribution in [1.82, 2.24) is 10.0 Å². The number of hydrogen-bond acceptors (Lipinski definition) is 3. The lowest BCUT2D eigenvalue weighted by molar-refractivity contribution is 0.541. The Labute approximate surface area is 92.9 Å². The summed E-state index contributed by atoms with van der Waals surface area (Å²) in [6, 6.07) is 0.332. The summed E-state index contributed by atoms with van der Waals surface area (Å²) in [5.74, 6) is 0.684. The van der Waals surface area contributed by atoms with E-state index in [9.17, 15) is 8.42 Å². The second kappa shape index (κ2) is 5.82. The van der Waals surface area contributed by atoms with Crippen molar-refractivity contribution in [3.8, 4) is 0 Å². The van der Waals surface area contributed by atoms with E-state index in [1.807, 2.05) is 13.8 Å². The van der Waals surface area contributed by atoms with Crippen molar-refractivity contribution >= 4 is 10.0 Å². The Hall–Kier alpha value is -0.130. The van der Waals surface area contributed by atoms with Crippen LogP contribution in [0.4, 0.5) is 0 Å². The Bertz CT molecular complexity index is 269.